The summed E-state index contributed by atoms with van der Waals surface area (Å²) in [6.07, 6.45) is 1.98. The number of hydrogen-bond donors (Lipinski definition) is 1. The van der Waals surface area contributed by atoms with E-state index in [4.69, 9.17) is 9.47 Å². The van der Waals surface area contributed by atoms with Crippen LogP contribution in [0.2, 0.25) is 0 Å². The molecule has 0 bridgehead atoms. The van der Waals surface area contributed by atoms with Crippen LogP contribution in [0.4, 0.5) is 11.5 Å². The summed E-state index contributed by atoms with van der Waals surface area (Å²) in [5.74, 6) is 0.0275. The Labute approximate surface area is 143 Å². The topological polar surface area (TPSA) is 104 Å². The zero-order valence-corrected chi connectivity index (χ0v) is 13.6. The van der Waals surface area contributed by atoms with Crippen molar-refractivity contribution in [1.29, 1.82) is 0 Å². The monoisotopic (exact) mass is 343 g/mol. The number of para-hydroxylation sites is 1. The van der Waals surface area contributed by atoms with Gasteiger partial charge in [0.1, 0.15) is 11.3 Å². The number of ether oxygens (including phenoxy) is 2. The number of rotatable bonds is 5. The lowest BCUT2D eigenvalue weighted by atomic mass is 10.0. The van der Waals surface area contributed by atoms with Crippen molar-refractivity contribution < 1.29 is 19.2 Å². The van der Waals surface area contributed by atoms with Crippen LogP contribution in [0.15, 0.2) is 36.5 Å². The normalized spacial score (nSPS) is 15.6. The van der Waals surface area contributed by atoms with Crippen LogP contribution >= 0.6 is 0 Å². The summed E-state index contributed by atoms with van der Waals surface area (Å²) in [6.45, 7) is 2.26. The molecule has 0 fully saturated rings. The number of carbonyl (C=O) groups excluding carboxylic acids is 1. The standard InChI is InChI=1S/C17H17N3O5/c1-2-24-17(21)12-7-9-18-16(15(12)20(22)23)19-13-8-10-25-14-6-4-3-5-11(13)14/h3-7,9,13H,2,8,10H2,1H3,(H,18,19)/t13-/m0/s1. The van der Waals surface area contributed by atoms with Crippen molar-refractivity contribution in [3.05, 3.63) is 57.8 Å². The summed E-state index contributed by atoms with van der Waals surface area (Å²) >= 11 is 0. The highest BCUT2D eigenvalue weighted by Gasteiger charge is 2.30. The Morgan fingerprint density at radius 2 is 2.24 bits per heavy atom. The van der Waals surface area contributed by atoms with E-state index in [-0.39, 0.29) is 29.7 Å². The van der Waals surface area contributed by atoms with Gasteiger partial charge < -0.3 is 14.8 Å². The zero-order chi connectivity index (χ0) is 17.8. The predicted octanol–water partition coefficient (Wildman–Crippen LogP) is 3.10. The second-order valence-corrected chi connectivity index (χ2v) is 5.41. The molecule has 1 aliphatic heterocycles. The van der Waals surface area contributed by atoms with Crippen molar-refractivity contribution in [2.75, 3.05) is 18.5 Å². The second-order valence-electron chi connectivity index (χ2n) is 5.41. The van der Waals surface area contributed by atoms with Gasteiger partial charge in [-0.15, -0.1) is 0 Å². The molecule has 3 rings (SSSR count). The van der Waals surface area contributed by atoms with Gasteiger partial charge in [0.05, 0.1) is 24.2 Å². The van der Waals surface area contributed by atoms with Crippen LogP contribution in [0.1, 0.15) is 35.3 Å². The SMILES string of the molecule is CCOC(=O)c1ccnc(N[C@H]2CCOc3ccccc32)c1[N+](=O)[O-]. The van der Waals surface area contributed by atoms with Crippen LogP contribution in [0, 0.1) is 10.1 Å². The van der Waals surface area contributed by atoms with Gasteiger partial charge in [-0.25, -0.2) is 9.78 Å². The van der Waals surface area contributed by atoms with E-state index in [2.05, 4.69) is 10.3 Å². The van der Waals surface area contributed by atoms with Crippen molar-refractivity contribution in [2.24, 2.45) is 0 Å². The first kappa shape index (κ1) is 16.7. The summed E-state index contributed by atoms with van der Waals surface area (Å²) < 4.78 is 10.5. The van der Waals surface area contributed by atoms with Gasteiger partial charge in [0, 0.05) is 18.2 Å². The average Bonchev–Trinajstić information content (AvgIpc) is 2.62. The maximum absolute atomic E-state index is 12.0. The molecule has 1 aromatic heterocycles. The van der Waals surface area contributed by atoms with E-state index in [0.29, 0.717) is 13.0 Å². The molecule has 0 spiro atoms. The van der Waals surface area contributed by atoms with Crippen LogP contribution < -0.4 is 10.1 Å². The Balaban J connectivity index is 1.97. The van der Waals surface area contributed by atoms with Gasteiger partial charge in [-0.1, -0.05) is 18.2 Å². The lowest BCUT2D eigenvalue weighted by molar-refractivity contribution is -0.384. The number of carbonyl (C=O) groups is 1. The first-order chi connectivity index (χ1) is 12.1. The van der Waals surface area contributed by atoms with Gasteiger partial charge in [-0.3, -0.25) is 10.1 Å². The van der Waals surface area contributed by atoms with Crippen molar-refractivity contribution in [3.8, 4) is 5.75 Å². The molecule has 2 aromatic rings. The number of nitro groups is 1. The van der Waals surface area contributed by atoms with Crippen LogP contribution in [-0.2, 0) is 4.74 Å². The number of benzene rings is 1. The molecule has 0 unspecified atom stereocenters. The molecule has 1 N–H and O–H groups in total. The quantitative estimate of drug-likeness (QED) is 0.505. The van der Waals surface area contributed by atoms with E-state index >= 15 is 0 Å². The van der Waals surface area contributed by atoms with Crippen LogP contribution in [-0.4, -0.2) is 29.1 Å². The number of aromatic nitrogens is 1. The third-order valence-corrected chi connectivity index (χ3v) is 3.87. The van der Waals surface area contributed by atoms with E-state index in [9.17, 15) is 14.9 Å². The Morgan fingerprint density at radius 1 is 1.44 bits per heavy atom. The number of nitrogens with zero attached hydrogens (tertiary/aromatic N) is 2. The average molecular weight is 343 g/mol. The largest absolute Gasteiger partial charge is 0.493 e. The smallest absolute Gasteiger partial charge is 0.345 e. The molecule has 0 aliphatic carbocycles. The lowest BCUT2D eigenvalue weighted by Gasteiger charge is -2.26. The highest BCUT2D eigenvalue weighted by molar-refractivity contribution is 5.96. The zero-order valence-electron chi connectivity index (χ0n) is 13.6. The second kappa shape index (κ2) is 7.16. The Kier molecular flexibility index (Phi) is 4.78. The molecular formula is C17H17N3O5. The molecular weight excluding hydrogens is 326 g/mol. The number of fused-ring (bicyclic) bond motifs is 1. The third kappa shape index (κ3) is 3.37. The van der Waals surface area contributed by atoms with E-state index in [0.717, 1.165) is 11.3 Å². The fourth-order valence-corrected chi connectivity index (χ4v) is 2.78. The number of pyridine rings is 1. The minimum atomic E-state index is -0.743. The van der Waals surface area contributed by atoms with Gasteiger partial charge >= 0.3 is 11.7 Å². The summed E-state index contributed by atoms with van der Waals surface area (Å²) in [5.41, 5.74) is 0.390. The molecule has 0 saturated carbocycles. The van der Waals surface area contributed by atoms with Crippen LogP contribution in [0.5, 0.6) is 5.75 Å². The fourth-order valence-electron chi connectivity index (χ4n) is 2.78. The van der Waals surface area contributed by atoms with Gasteiger partial charge in [-0.05, 0) is 19.1 Å². The minimum Gasteiger partial charge on any atom is -0.493 e. The Hall–Kier alpha value is -3.16. The van der Waals surface area contributed by atoms with Crippen molar-refractivity contribution in [1.82, 2.24) is 4.98 Å². The van der Waals surface area contributed by atoms with Crippen molar-refractivity contribution in [3.63, 3.8) is 0 Å². The molecule has 1 atom stereocenters. The molecule has 8 nitrogen and oxygen atoms in total. The van der Waals surface area contributed by atoms with Gasteiger partial charge in [-0.2, -0.15) is 0 Å². The molecule has 130 valence electrons. The lowest BCUT2D eigenvalue weighted by Crippen LogP contribution is -2.22. The summed E-state index contributed by atoms with van der Waals surface area (Å²) in [7, 11) is 0. The van der Waals surface area contributed by atoms with E-state index in [1.54, 1.807) is 6.92 Å². The van der Waals surface area contributed by atoms with Gasteiger partial charge in [0.15, 0.2) is 0 Å². The maximum atomic E-state index is 12.0. The molecule has 25 heavy (non-hydrogen) atoms. The van der Waals surface area contributed by atoms with Crippen molar-refractivity contribution in [2.45, 2.75) is 19.4 Å². The third-order valence-electron chi connectivity index (χ3n) is 3.87. The molecule has 8 heteroatoms. The number of esters is 1. The first-order valence-corrected chi connectivity index (χ1v) is 7.90. The molecule has 0 amide bonds. The molecule has 1 aromatic carbocycles. The molecule has 1 aliphatic rings. The highest BCUT2D eigenvalue weighted by atomic mass is 16.6. The Morgan fingerprint density at radius 3 is 3.00 bits per heavy atom. The van der Waals surface area contributed by atoms with Gasteiger partial charge in [0.25, 0.3) is 0 Å². The molecule has 0 radical (unpaired) electrons. The first-order valence-electron chi connectivity index (χ1n) is 7.90. The summed E-state index contributed by atoms with van der Waals surface area (Å²) in [6, 6.07) is 8.57. The van der Waals surface area contributed by atoms with E-state index in [1.807, 2.05) is 24.3 Å². The Bertz CT molecular complexity index is 809. The van der Waals surface area contributed by atoms with Crippen LogP contribution in [0.25, 0.3) is 0 Å². The number of nitrogens with one attached hydrogen (secondary N) is 1. The molecule has 0 saturated heterocycles. The maximum Gasteiger partial charge on any atom is 0.345 e. The predicted molar refractivity (Wildman–Crippen MR) is 89.8 cm³/mol. The number of hydrogen-bond acceptors (Lipinski definition) is 7. The van der Waals surface area contributed by atoms with Crippen LogP contribution in [0.3, 0.4) is 0 Å². The van der Waals surface area contributed by atoms with Gasteiger partial charge in [0.2, 0.25) is 5.82 Å². The summed E-state index contributed by atoms with van der Waals surface area (Å²) in [4.78, 5) is 27.0. The highest BCUT2D eigenvalue weighted by Crippen LogP contribution is 2.36. The minimum absolute atomic E-state index is 0.0391. The van der Waals surface area contributed by atoms with E-state index < -0.39 is 10.9 Å². The summed E-state index contributed by atoms with van der Waals surface area (Å²) in [5, 5.41) is 14.6. The van der Waals surface area contributed by atoms with E-state index in [1.165, 1.54) is 12.3 Å². The fraction of sp³-hybridized carbons (Fsp3) is 0.294. The molecule has 2 heterocycles. The number of anilines is 1. The van der Waals surface area contributed by atoms with Crippen molar-refractivity contribution >= 4 is 17.5 Å².